The third-order valence-electron chi connectivity index (χ3n) is 4.79. The summed E-state index contributed by atoms with van der Waals surface area (Å²) < 4.78 is 62.4. The van der Waals surface area contributed by atoms with Crippen LogP contribution in [0.3, 0.4) is 0 Å². The maximum Gasteiger partial charge on any atom is 0.433 e. The Morgan fingerprint density at radius 3 is 2.73 bits per heavy atom. The van der Waals surface area contributed by atoms with E-state index in [1.54, 1.807) is 0 Å². The molecule has 1 aliphatic rings. The fourth-order valence-electron chi connectivity index (χ4n) is 3.18. The van der Waals surface area contributed by atoms with Gasteiger partial charge in [-0.2, -0.15) is 18.4 Å². The standard InChI is InChI=1S/C20H18ClF3N4O4S/c1-31-6-7-32-13-2-3-15(14(21)8-13)33(30)19(29)12-4-5-28(11-12)18-9-16(20(22,23)24)26-17(10-25)27-18/h2-3,8-9,12H,4-7,11H2,1H3/t12-,33?/m0/s1. The molecule has 0 N–H and O–H groups in total. The van der Waals surface area contributed by atoms with E-state index in [9.17, 15) is 22.2 Å². The zero-order valence-electron chi connectivity index (χ0n) is 17.3. The third-order valence-corrected chi connectivity index (χ3v) is 6.67. The van der Waals surface area contributed by atoms with Crippen molar-refractivity contribution < 1.29 is 31.6 Å². The van der Waals surface area contributed by atoms with Crippen molar-refractivity contribution in [2.24, 2.45) is 5.92 Å². The molecule has 33 heavy (non-hydrogen) atoms. The molecule has 1 unspecified atom stereocenters. The van der Waals surface area contributed by atoms with E-state index in [-0.39, 0.29) is 35.2 Å². The summed E-state index contributed by atoms with van der Waals surface area (Å²) in [6.07, 6.45) is -4.50. The minimum atomic E-state index is -4.75. The van der Waals surface area contributed by atoms with Crippen LogP contribution in [-0.2, 0) is 26.5 Å². The summed E-state index contributed by atoms with van der Waals surface area (Å²) in [5.41, 5.74) is -1.25. The molecule has 2 aromatic rings. The number of hydrogen-bond acceptors (Lipinski definition) is 8. The smallest absolute Gasteiger partial charge is 0.433 e. The second-order valence-electron chi connectivity index (χ2n) is 7.00. The fourth-order valence-corrected chi connectivity index (χ4v) is 4.70. The molecule has 0 radical (unpaired) electrons. The number of aromatic nitrogens is 2. The van der Waals surface area contributed by atoms with E-state index in [2.05, 4.69) is 9.97 Å². The van der Waals surface area contributed by atoms with Crippen LogP contribution in [0.5, 0.6) is 5.75 Å². The molecule has 1 aromatic carbocycles. The second-order valence-corrected chi connectivity index (χ2v) is 8.78. The highest BCUT2D eigenvalue weighted by atomic mass is 35.5. The summed E-state index contributed by atoms with van der Waals surface area (Å²) in [5.74, 6) is -1.03. The average Bonchev–Trinajstić information content (AvgIpc) is 3.28. The second kappa shape index (κ2) is 10.5. The number of benzene rings is 1. The van der Waals surface area contributed by atoms with Gasteiger partial charge in [0.2, 0.25) is 10.9 Å². The first-order valence-electron chi connectivity index (χ1n) is 9.62. The molecule has 1 aliphatic heterocycles. The lowest BCUT2D eigenvalue weighted by atomic mass is 10.1. The van der Waals surface area contributed by atoms with Gasteiger partial charge in [-0.15, -0.1) is 0 Å². The van der Waals surface area contributed by atoms with Crippen LogP contribution in [-0.4, -0.2) is 52.7 Å². The van der Waals surface area contributed by atoms with Crippen LogP contribution >= 0.6 is 11.6 Å². The Balaban J connectivity index is 1.72. The van der Waals surface area contributed by atoms with Crippen molar-refractivity contribution in [3.8, 4) is 11.8 Å². The van der Waals surface area contributed by atoms with Crippen LogP contribution in [0.25, 0.3) is 0 Å². The van der Waals surface area contributed by atoms with Crippen molar-refractivity contribution in [3.63, 3.8) is 0 Å². The molecule has 3 rings (SSSR count). The van der Waals surface area contributed by atoms with Gasteiger partial charge in [-0.05, 0) is 24.6 Å². The quantitative estimate of drug-likeness (QED) is 0.531. The summed E-state index contributed by atoms with van der Waals surface area (Å²) in [5, 5.41) is 8.45. The Labute approximate surface area is 194 Å². The Morgan fingerprint density at radius 1 is 1.33 bits per heavy atom. The van der Waals surface area contributed by atoms with Crippen LogP contribution in [0.2, 0.25) is 5.02 Å². The van der Waals surface area contributed by atoms with Gasteiger partial charge in [0.05, 0.1) is 22.4 Å². The summed E-state index contributed by atoms with van der Waals surface area (Å²) in [6.45, 7) is 0.861. The van der Waals surface area contributed by atoms with Crippen molar-refractivity contribution in [1.82, 2.24) is 9.97 Å². The third kappa shape index (κ3) is 5.98. The summed E-state index contributed by atoms with van der Waals surface area (Å²) >= 11 is 6.18. The number of nitrogens with zero attached hydrogens (tertiary/aromatic N) is 4. The molecule has 1 fully saturated rings. The Kier molecular flexibility index (Phi) is 7.88. The molecule has 0 aliphatic carbocycles. The lowest BCUT2D eigenvalue weighted by Crippen LogP contribution is -2.26. The SMILES string of the molecule is COCCOc1ccc(S(=O)C(=O)[C@H]2CCN(c3cc(C(F)(F)F)nc(C#N)n3)C2)c(Cl)c1. The van der Waals surface area contributed by atoms with Gasteiger partial charge in [0.15, 0.2) is 5.69 Å². The van der Waals surface area contributed by atoms with Crippen LogP contribution < -0.4 is 9.64 Å². The molecule has 2 atom stereocenters. The number of rotatable bonds is 7. The van der Waals surface area contributed by atoms with Crippen LogP contribution in [0.4, 0.5) is 19.0 Å². The minimum Gasteiger partial charge on any atom is -0.491 e. The van der Waals surface area contributed by atoms with Gasteiger partial charge in [-0.3, -0.25) is 4.79 Å². The maximum absolute atomic E-state index is 13.1. The van der Waals surface area contributed by atoms with Crippen LogP contribution in [0, 0.1) is 17.2 Å². The number of alkyl halides is 3. The number of ether oxygens (including phenoxy) is 2. The van der Waals surface area contributed by atoms with E-state index in [4.69, 9.17) is 26.3 Å². The molecule has 1 saturated heterocycles. The first kappa shape index (κ1) is 24.9. The highest BCUT2D eigenvalue weighted by Crippen LogP contribution is 2.32. The van der Waals surface area contributed by atoms with Gasteiger partial charge in [0.1, 0.15) is 35.0 Å². The lowest BCUT2D eigenvalue weighted by Gasteiger charge is -2.18. The number of nitriles is 1. The molecule has 0 spiro atoms. The number of methoxy groups -OCH3 is 1. The monoisotopic (exact) mass is 502 g/mol. The number of anilines is 1. The molecule has 13 heteroatoms. The predicted octanol–water partition coefficient (Wildman–Crippen LogP) is 3.21. The van der Waals surface area contributed by atoms with Gasteiger partial charge >= 0.3 is 6.18 Å². The van der Waals surface area contributed by atoms with Gasteiger partial charge < -0.3 is 14.4 Å². The first-order chi connectivity index (χ1) is 15.6. The maximum atomic E-state index is 13.1. The highest BCUT2D eigenvalue weighted by molar-refractivity contribution is 8.00. The van der Waals surface area contributed by atoms with Crippen LogP contribution in [0.15, 0.2) is 29.2 Å². The topological polar surface area (TPSA) is 105 Å². The summed E-state index contributed by atoms with van der Waals surface area (Å²) in [4.78, 5) is 21.4. The number of halogens is 4. The summed E-state index contributed by atoms with van der Waals surface area (Å²) in [6, 6.07) is 6.65. The van der Waals surface area contributed by atoms with E-state index < -0.39 is 39.5 Å². The molecule has 0 bridgehead atoms. The Morgan fingerprint density at radius 2 is 2.09 bits per heavy atom. The summed E-state index contributed by atoms with van der Waals surface area (Å²) in [7, 11) is -0.555. The number of carbonyl (C=O) groups is 1. The van der Waals surface area contributed by atoms with Crippen molar-refractivity contribution in [3.05, 3.63) is 40.8 Å². The zero-order valence-corrected chi connectivity index (χ0v) is 18.8. The molecular formula is C20H18ClF3N4O4S. The van der Waals surface area contributed by atoms with E-state index in [1.165, 1.54) is 36.3 Å². The van der Waals surface area contributed by atoms with Gasteiger partial charge in [0.25, 0.3) is 0 Å². The molecule has 2 heterocycles. The number of hydrogen-bond donors (Lipinski definition) is 0. The fraction of sp³-hybridized carbons (Fsp3) is 0.400. The predicted molar refractivity (Wildman–Crippen MR) is 112 cm³/mol. The lowest BCUT2D eigenvalue weighted by molar-refractivity contribution is -0.141. The average molecular weight is 503 g/mol. The number of carbonyl (C=O) groups excluding carboxylic acids is 1. The normalized spacial score (nSPS) is 17.0. The molecule has 8 nitrogen and oxygen atoms in total. The van der Waals surface area contributed by atoms with Gasteiger partial charge in [-0.25, -0.2) is 14.2 Å². The van der Waals surface area contributed by atoms with E-state index in [0.717, 1.165) is 6.07 Å². The van der Waals surface area contributed by atoms with Crippen molar-refractivity contribution in [2.45, 2.75) is 17.5 Å². The van der Waals surface area contributed by atoms with Gasteiger partial charge in [0, 0.05) is 26.3 Å². The Hall–Kier alpha value is -2.75. The molecule has 1 aromatic heterocycles. The zero-order chi connectivity index (χ0) is 24.2. The highest BCUT2D eigenvalue weighted by Gasteiger charge is 2.37. The van der Waals surface area contributed by atoms with Crippen LogP contribution in [0.1, 0.15) is 17.9 Å². The minimum absolute atomic E-state index is 0.000413. The Bertz CT molecular complexity index is 1110. The van der Waals surface area contributed by atoms with E-state index in [0.29, 0.717) is 19.0 Å². The molecular weight excluding hydrogens is 485 g/mol. The first-order valence-corrected chi connectivity index (χ1v) is 11.1. The largest absolute Gasteiger partial charge is 0.491 e. The van der Waals surface area contributed by atoms with E-state index in [1.807, 2.05) is 0 Å². The molecule has 0 saturated carbocycles. The van der Waals surface area contributed by atoms with Crippen molar-refractivity contribution in [2.75, 3.05) is 38.3 Å². The van der Waals surface area contributed by atoms with Crippen molar-refractivity contribution >= 4 is 33.3 Å². The van der Waals surface area contributed by atoms with Crippen molar-refractivity contribution in [1.29, 1.82) is 5.26 Å². The van der Waals surface area contributed by atoms with E-state index >= 15 is 0 Å². The molecule has 176 valence electrons. The molecule has 0 amide bonds. The van der Waals surface area contributed by atoms with Gasteiger partial charge in [-0.1, -0.05) is 11.6 Å².